The van der Waals surface area contributed by atoms with Crippen molar-refractivity contribution in [1.82, 2.24) is 10.6 Å². The summed E-state index contributed by atoms with van der Waals surface area (Å²) in [7, 11) is 0. The van der Waals surface area contributed by atoms with Crippen LogP contribution >= 0.6 is 0 Å². The first-order chi connectivity index (χ1) is 7.27. The Bertz CT molecular complexity index is 196. The van der Waals surface area contributed by atoms with Gasteiger partial charge in [0.1, 0.15) is 0 Å². The third-order valence-electron chi connectivity index (χ3n) is 3.23. The summed E-state index contributed by atoms with van der Waals surface area (Å²) in [6, 6.07) is -0.0566. The van der Waals surface area contributed by atoms with Crippen molar-refractivity contribution in [2.75, 3.05) is 19.6 Å². The van der Waals surface area contributed by atoms with Crippen LogP contribution in [0.2, 0.25) is 0 Å². The lowest BCUT2D eigenvalue weighted by molar-refractivity contribution is 0.219. The van der Waals surface area contributed by atoms with E-state index in [4.69, 9.17) is 5.73 Å². The van der Waals surface area contributed by atoms with Crippen molar-refractivity contribution in [3.05, 3.63) is 0 Å². The molecule has 0 aromatic carbocycles. The lowest BCUT2D eigenvalue weighted by Gasteiger charge is -2.30. The molecule has 4 heteroatoms. The van der Waals surface area contributed by atoms with Crippen molar-refractivity contribution in [2.45, 2.75) is 32.6 Å². The highest BCUT2D eigenvalue weighted by atomic mass is 16.2. The van der Waals surface area contributed by atoms with Gasteiger partial charge in [-0.1, -0.05) is 12.8 Å². The topological polar surface area (TPSA) is 67.2 Å². The van der Waals surface area contributed by atoms with E-state index in [1.807, 2.05) is 6.92 Å². The van der Waals surface area contributed by atoms with Crippen molar-refractivity contribution in [3.8, 4) is 0 Å². The number of nitrogens with two attached hydrogens (primary N) is 1. The smallest absolute Gasteiger partial charge is 0.314 e. The fourth-order valence-corrected chi connectivity index (χ4v) is 2.31. The van der Waals surface area contributed by atoms with E-state index in [1.54, 1.807) is 0 Å². The monoisotopic (exact) mass is 213 g/mol. The third kappa shape index (κ3) is 4.08. The number of nitrogens with one attached hydrogen (secondary N) is 2. The summed E-state index contributed by atoms with van der Waals surface area (Å²) >= 11 is 0. The van der Waals surface area contributed by atoms with E-state index in [0.717, 1.165) is 13.1 Å². The zero-order valence-corrected chi connectivity index (χ0v) is 9.59. The van der Waals surface area contributed by atoms with Gasteiger partial charge in [-0.2, -0.15) is 0 Å². The summed E-state index contributed by atoms with van der Waals surface area (Å²) in [5.74, 6) is 1.17. The van der Waals surface area contributed by atoms with E-state index in [2.05, 4.69) is 10.6 Å². The van der Waals surface area contributed by atoms with Crippen LogP contribution in [0.5, 0.6) is 0 Å². The van der Waals surface area contributed by atoms with Crippen LogP contribution in [0, 0.1) is 11.8 Å². The van der Waals surface area contributed by atoms with Crippen LogP contribution in [0.4, 0.5) is 4.79 Å². The molecule has 4 nitrogen and oxygen atoms in total. The SMILES string of the molecule is CCNC(=O)NCC1CCCCC1CN. The standard InChI is InChI=1S/C11H23N3O/c1-2-13-11(15)14-8-10-6-4-3-5-9(10)7-12/h9-10H,2-8,12H2,1H3,(H2,13,14,15). The molecule has 88 valence electrons. The highest BCUT2D eigenvalue weighted by molar-refractivity contribution is 5.73. The van der Waals surface area contributed by atoms with Crippen LogP contribution in [0.25, 0.3) is 0 Å². The number of carbonyl (C=O) groups is 1. The van der Waals surface area contributed by atoms with Crippen LogP contribution in [0.3, 0.4) is 0 Å². The van der Waals surface area contributed by atoms with Crippen LogP contribution in [-0.4, -0.2) is 25.7 Å². The first-order valence-corrected chi connectivity index (χ1v) is 5.99. The molecule has 1 aliphatic rings. The number of urea groups is 1. The van der Waals surface area contributed by atoms with E-state index in [0.29, 0.717) is 18.4 Å². The van der Waals surface area contributed by atoms with E-state index in [9.17, 15) is 4.79 Å². The Balaban J connectivity index is 2.26. The number of hydrogen-bond donors (Lipinski definition) is 3. The largest absolute Gasteiger partial charge is 0.338 e. The maximum Gasteiger partial charge on any atom is 0.314 e. The molecular weight excluding hydrogens is 190 g/mol. The summed E-state index contributed by atoms with van der Waals surface area (Å²) in [5, 5.41) is 5.65. The summed E-state index contributed by atoms with van der Waals surface area (Å²) in [6.07, 6.45) is 4.99. The molecule has 15 heavy (non-hydrogen) atoms. The molecule has 0 aliphatic heterocycles. The van der Waals surface area contributed by atoms with Gasteiger partial charge in [-0.25, -0.2) is 4.79 Å². The maximum atomic E-state index is 11.2. The van der Waals surface area contributed by atoms with Gasteiger partial charge in [0.25, 0.3) is 0 Å². The molecule has 0 bridgehead atoms. The van der Waals surface area contributed by atoms with E-state index in [-0.39, 0.29) is 6.03 Å². The second-order valence-electron chi connectivity index (χ2n) is 4.28. The summed E-state index contributed by atoms with van der Waals surface area (Å²) in [4.78, 5) is 11.2. The molecule has 0 aromatic rings. The van der Waals surface area contributed by atoms with Gasteiger partial charge in [0, 0.05) is 13.1 Å². The van der Waals surface area contributed by atoms with Crippen LogP contribution in [-0.2, 0) is 0 Å². The molecule has 0 heterocycles. The zero-order chi connectivity index (χ0) is 11.1. The highest BCUT2D eigenvalue weighted by Crippen LogP contribution is 2.28. The number of carbonyl (C=O) groups excluding carboxylic acids is 1. The molecule has 2 unspecified atom stereocenters. The van der Waals surface area contributed by atoms with Crippen molar-refractivity contribution < 1.29 is 4.79 Å². The van der Waals surface area contributed by atoms with Crippen molar-refractivity contribution in [3.63, 3.8) is 0 Å². The Kier molecular flexibility index (Phi) is 5.47. The molecule has 1 saturated carbocycles. The maximum absolute atomic E-state index is 11.2. The second-order valence-corrected chi connectivity index (χ2v) is 4.28. The third-order valence-corrected chi connectivity index (χ3v) is 3.23. The second kappa shape index (κ2) is 6.67. The zero-order valence-electron chi connectivity index (χ0n) is 9.59. The minimum atomic E-state index is -0.0566. The number of hydrogen-bond acceptors (Lipinski definition) is 2. The Labute approximate surface area is 92.0 Å². The molecule has 0 aromatic heterocycles. The molecule has 4 N–H and O–H groups in total. The molecule has 0 spiro atoms. The highest BCUT2D eigenvalue weighted by Gasteiger charge is 2.23. The fourth-order valence-electron chi connectivity index (χ4n) is 2.31. The predicted molar refractivity (Wildman–Crippen MR) is 61.6 cm³/mol. The quantitative estimate of drug-likeness (QED) is 0.654. The van der Waals surface area contributed by atoms with Gasteiger partial charge >= 0.3 is 6.03 Å². The number of rotatable bonds is 4. The van der Waals surface area contributed by atoms with Gasteiger partial charge in [0.15, 0.2) is 0 Å². The van der Waals surface area contributed by atoms with E-state index >= 15 is 0 Å². The Hall–Kier alpha value is -0.770. The minimum Gasteiger partial charge on any atom is -0.338 e. The van der Waals surface area contributed by atoms with Gasteiger partial charge in [-0.15, -0.1) is 0 Å². The summed E-state index contributed by atoms with van der Waals surface area (Å²) in [6.45, 7) is 4.12. The molecule has 0 saturated heterocycles. The Morgan fingerprint density at radius 2 is 1.93 bits per heavy atom. The average Bonchev–Trinajstić information content (AvgIpc) is 2.27. The molecule has 2 atom stereocenters. The van der Waals surface area contributed by atoms with Crippen molar-refractivity contribution >= 4 is 6.03 Å². The summed E-state index contributed by atoms with van der Waals surface area (Å²) in [5.41, 5.74) is 5.73. The fraction of sp³-hybridized carbons (Fsp3) is 0.909. The van der Waals surface area contributed by atoms with E-state index < -0.39 is 0 Å². The lowest BCUT2D eigenvalue weighted by atomic mass is 9.79. The van der Waals surface area contributed by atoms with Gasteiger partial charge in [0.2, 0.25) is 0 Å². The first-order valence-electron chi connectivity index (χ1n) is 5.99. The normalized spacial score (nSPS) is 26.0. The van der Waals surface area contributed by atoms with Gasteiger partial charge in [-0.05, 0) is 38.1 Å². The van der Waals surface area contributed by atoms with Gasteiger partial charge in [-0.3, -0.25) is 0 Å². The van der Waals surface area contributed by atoms with Crippen LogP contribution < -0.4 is 16.4 Å². The van der Waals surface area contributed by atoms with Crippen molar-refractivity contribution in [1.29, 1.82) is 0 Å². The molecular formula is C11H23N3O. The molecule has 0 radical (unpaired) electrons. The lowest BCUT2D eigenvalue weighted by Crippen LogP contribution is -2.41. The molecule has 1 rings (SSSR count). The minimum absolute atomic E-state index is 0.0566. The molecule has 2 amide bonds. The van der Waals surface area contributed by atoms with E-state index in [1.165, 1.54) is 25.7 Å². The average molecular weight is 213 g/mol. The van der Waals surface area contributed by atoms with Gasteiger partial charge in [0.05, 0.1) is 0 Å². The van der Waals surface area contributed by atoms with Gasteiger partial charge < -0.3 is 16.4 Å². The molecule has 1 aliphatic carbocycles. The Morgan fingerprint density at radius 3 is 2.53 bits per heavy atom. The predicted octanol–water partition coefficient (Wildman–Crippen LogP) is 1.07. The Morgan fingerprint density at radius 1 is 1.27 bits per heavy atom. The van der Waals surface area contributed by atoms with Crippen LogP contribution in [0.1, 0.15) is 32.6 Å². The first kappa shape index (κ1) is 12.3. The van der Waals surface area contributed by atoms with Crippen molar-refractivity contribution in [2.24, 2.45) is 17.6 Å². The van der Waals surface area contributed by atoms with Crippen LogP contribution in [0.15, 0.2) is 0 Å². The summed E-state index contributed by atoms with van der Waals surface area (Å²) < 4.78 is 0. The number of amides is 2. The molecule has 1 fully saturated rings.